The molecule has 4 N–H and O–H groups in total. The molecule has 8 nitrogen and oxygen atoms in total. The van der Waals surface area contributed by atoms with Gasteiger partial charge in [0.25, 0.3) is 0 Å². The van der Waals surface area contributed by atoms with Crippen LogP contribution in [0.3, 0.4) is 0 Å². The van der Waals surface area contributed by atoms with Gasteiger partial charge in [0.05, 0.1) is 25.1 Å². The molecule has 1 aromatic heterocycles. The Morgan fingerprint density at radius 1 is 1.38 bits per heavy atom. The number of benzene rings is 1. The van der Waals surface area contributed by atoms with E-state index in [9.17, 15) is 4.79 Å². The fourth-order valence-electron chi connectivity index (χ4n) is 3.00. The van der Waals surface area contributed by atoms with Crippen LogP contribution < -0.4 is 16.0 Å². The van der Waals surface area contributed by atoms with Crippen LogP contribution in [0.25, 0.3) is 5.69 Å². The van der Waals surface area contributed by atoms with E-state index in [0.29, 0.717) is 30.4 Å². The van der Waals surface area contributed by atoms with Crippen molar-refractivity contribution in [1.82, 2.24) is 20.1 Å². The van der Waals surface area contributed by atoms with Gasteiger partial charge in [-0.1, -0.05) is 0 Å². The number of carbonyl (C=O) groups excluding carboxylic acids is 1. The zero-order valence-corrected chi connectivity index (χ0v) is 15.6. The lowest BCUT2D eigenvalue weighted by Crippen LogP contribution is -2.69. The van der Waals surface area contributed by atoms with Gasteiger partial charge in [0, 0.05) is 25.1 Å². The van der Waals surface area contributed by atoms with Gasteiger partial charge in [-0.15, -0.1) is 0 Å². The largest absolute Gasteiger partial charge is 0.497 e. The van der Waals surface area contributed by atoms with Crippen LogP contribution in [-0.4, -0.2) is 46.0 Å². The molecule has 2 aromatic rings. The Labute approximate surface area is 156 Å². The summed E-state index contributed by atoms with van der Waals surface area (Å²) in [6.07, 6.45) is 0.704. The van der Waals surface area contributed by atoms with Crippen LogP contribution >= 0.6 is 12.2 Å². The third kappa shape index (κ3) is 3.35. The first-order valence-electron chi connectivity index (χ1n) is 8.33. The number of nitrogens with one attached hydrogen (secondary N) is 1. The molecular formula is C17H22N5O3S+. The molecule has 138 valence electrons. The number of hydrogen-bond acceptors (Lipinski definition) is 5. The number of methoxy groups -OCH3 is 1. The van der Waals surface area contributed by atoms with Gasteiger partial charge in [-0.2, -0.15) is 5.10 Å². The molecule has 3 rings (SSSR count). The van der Waals surface area contributed by atoms with Crippen LogP contribution in [0.2, 0.25) is 0 Å². The molecule has 0 fully saturated rings. The maximum Gasteiger partial charge on any atom is 0.359 e. The van der Waals surface area contributed by atoms with Gasteiger partial charge >= 0.3 is 5.97 Å². The molecule has 1 aliphatic heterocycles. The van der Waals surface area contributed by atoms with Crippen molar-refractivity contribution in [2.75, 3.05) is 20.3 Å². The second kappa shape index (κ2) is 7.71. The molecule has 0 aliphatic carbocycles. The van der Waals surface area contributed by atoms with E-state index in [-0.39, 0.29) is 0 Å². The molecule has 1 aliphatic rings. The number of carbonyl (C=O) groups is 1. The second-order valence-electron chi connectivity index (χ2n) is 5.76. The molecule has 0 saturated carbocycles. The fraction of sp³-hybridized carbons (Fsp3) is 0.353. The fourth-order valence-corrected chi connectivity index (χ4v) is 3.16. The number of nitrogens with zero attached hydrogens (tertiary/aromatic N) is 3. The molecule has 26 heavy (non-hydrogen) atoms. The zero-order valence-electron chi connectivity index (χ0n) is 14.8. The molecule has 0 bridgehead atoms. The summed E-state index contributed by atoms with van der Waals surface area (Å²) in [5, 5.41) is 5.10. The first-order chi connectivity index (χ1) is 12.6. The topological polar surface area (TPSA) is 96.3 Å². The van der Waals surface area contributed by atoms with Crippen LogP contribution in [0.5, 0.6) is 5.75 Å². The van der Waals surface area contributed by atoms with Gasteiger partial charge in [0.1, 0.15) is 5.75 Å². The molecule has 2 heterocycles. The number of esters is 1. The van der Waals surface area contributed by atoms with Crippen LogP contribution in [0.15, 0.2) is 24.3 Å². The number of quaternary nitrogens is 1. The Hall–Kier alpha value is -2.65. The lowest BCUT2D eigenvalue weighted by atomic mass is 10.1. The Bertz CT molecular complexity index is 819. The quantitative estimate of drug-likeness (QED) is 0.454. The summed E-state index contributed by atoms with van der Waals surface area (Å²) in [4.78, 5) is 14.4. The molecular weight excluding hydrogens is 354 g/mol. The van der Waals surface area contributed by atoms with Crippen LogP contribution in [0.4, 0.5) is 0 Å². The predicted molar refractivity (Wildman–Crippen MR) is 98.8 cm³/mol. The molecule has 0 spiro atoms. The third-order valence-corrected chi connectivity index (χ3v) is 4.68. The molecule has 0 unspecified atom stereocenters. The van der Waals surface area contributed by atoms with Gasteiger partial charge in [-0.3, -0.25) is 5.84 Å². The highest BCUT2D eigenvalue weighted by Crippen LogP contribution is 2.27. The third-order valence-electron chi connectivity index (χ3n) is 4.28. The van der Waals surface area contributed by atoms with Gasteiger partial charge in [-0.25, -0.2) is 14.9 Å². The minimum absolute atomic E-state index is 0.297. The summed E-state index contributed by atoms with van der Waals surface area (Å²) in [6, 6.07) is 7.56. The van der Waals surface area contributed by atoms with Gasteiger partial charge in [-0.05, 0) is 43.4 Å². The van der Waals surface area contributed by atoms with Crippen molar-refractivity contribution in [3.63, 3.8) is 0 Å². The van der Waals surface area contributed by atoms with Gasteiger partial charge < -0.3 is 14.4 Å². The van der Waals surface area contributed by atoms with Crippen LogP contribution in [0.1, 0.15) is 28.7 Å². The maximum absolute atomic E-state index is 12.4. The number of thiocarbonyl (C=S) groups is 1. The average molecular weight is 376 g/mol. The number of rotatable bonds is 4. The summed E-state index contributed by atoms with van der Waals surface area (Å²) in [5.41, 5.74) is 5.76. The van der Waals surface area contributed by atoms with Crippen molar-refractivity contribution < 1.29 is 20.1 Å². The highest BCUT2D eigenvalue weighted by Gasteiger charge is 2.30. The van der Waals surface area contributed by atoms with Crippen molar-refractivity contribution in [2.24, 2.45) is 0 Å². The Morgan fingerprint density at radius 3 is 2.73 bits per heavy atom. The van der Waals surface area contributed by atoms with Crippen molar-refractivity contribution in [2.45, 2.75) is 19.9 Å². The van der Waals surface area contributed by atoms with Crippen molar-refractivity contribution in [1.29, 1.82) is 0 Å². The number of hydrogen-bond donors (Lipinski definition) is 2. The summed E-state index contributed by atoms with van der Waals surface area (Å²) in [7, 11) is 1.62. The van der Waals surface area contributed by atoms with E-state index >= 15 is 0 Å². The zero-order chi connectivity index (χ0) is 18.7. The number of ether oxygens (including phenoxy) is 2. The highest BCUT2D eigenvalue weighted by atomic mass is 32.1. The summed E-state index contributed by atoms with van der Waals surface area (Å²) in [5.74, 6) is 3.95. The lowest BCUT2D eigenvalue weighted by Gasteiger charge is -2.28. The number of fused-ring (bicyclic) bond motifs is 1. The average Bonchev–Trinajstić information content (AvgIpc) is 3.06. The number of aromatic nitrogens is 2. The van der Waals surface area contributed by atoms with Crippen molar-refractivity contribution in [3.8, 4) is 11.4 Å². The van der Waals surface area contributed by atoms with E-state index < -0.39 is 5.97 Å². The molecule has 0 radical (unpaired) electrons. The highest BCUT2D eigenvalue weighted by molar-refractivity contribution is 7.80. The van der Waals surface area contributed by atoms with E-state index in [2.05, 4.69) is 16.4 Å². The Morgan fingerprint density at radius 2 is 2.12 bits per heavy atom. The van der Waals surface area contributed by atoms with E-state index in [0.717, 1.165) is 29.2 Å². The maximum atomic E-state index is 12.4. The van der Waals surface area contributed by atoms with E-state index in [1.54, 1.807) is 18.7 Å². The Kier molecular flexibility index (Phi) is 5.38. The minimum Gasteiger partial charge on any atom is -0.497 e. The van der Waals surface area contributed by atoms with Gasteiger partial charge in [0.2, 0.25) is 5.11 Å². The standard InChI is InChI=1S/C17H21N5O3S/c1-3-25-16(23)15-13-10-21(17(26)19-18)9-8-14(13)22(20-15)11-4-6-12(24-2)7-5-11/h4-7H,3,8-10,18H2,1-2H3,(H,19,26)/p+1. The van der Waals surface area contributed by atoms with Crippen LogP contribution in [-0.2, 0) is 17.7 Å². The molecule has 0 atom stereocenters. The van der Waals surface area contributed by atoms with E-state index in [1.807, 2.05) is 29.2 Å². The second-order valence-corrected chi connectivity index (χ2v) is 6.14. The normalized spacial score (nSPS) is 13.1. The smallest absolute Gasteiger partial charge is 0.359 e. The van der Waals surface area contributed by atoms with E-state index in [1.165, 1.54) is 0 Å². The molecule has 0 amide bonds. The predicted octanol–water partition coefficient (Wildman–Crippen LogP) is 0.447. The Balaban J connectivity index is 2.04. The first-order valence-corrected chi connectivity index (χ1v) is 8.74. The van der Waals surface area contributed by atoms with Crippen molar-refractivity contribution in [3.05, 3.63) is 41.2 Å². The minimum atomic E-state index is -0.425. The molecule has 9 heteroatoms. The summed E-state index contributed by atoms with van der Waals surface area (Å²) >= 11 is 5.29. The summed E-state index contributed by atoms with van der Waals surface area (Å²) in [6.45, 7) is 3.28. The van der Waals surface area contributed by atoms with E-state index in [4.69, 9.17) is 21.7 Å². The summed E-state index contributed by atoms with van der Waals surface area (Å²) < 4.78 is 12.2. The first kappa shape index (κ1) is 18.2. The molecule has 1 aromatic carbocycles. The SMILES string of the molecule is CCOC(=O)c1nn(-c2ccc(OC)cc2)c2c1CN(C(=S)N[NH3+])CC2. The lowest BCUT2D eigenvalue weighted by molar-refractivity contribution is -0.420. The van der Waals surface area contributed by atoms with Gasteiger partial charge in [0.15, 0.2) is 5.69 Å². The van der Waals surface area contributed by atoms with Crippen LogP contribution in [0, 0.1) is 0 Å². The van der Waals surface area contributed by atoms with Crippen molar-refractivity contribution >= 4 is 23.3 Å². The monoisotopic (exact) mass is 376 g/mol. The molecule has 0 saturated heterocycles.